The van der Waals surface area contributed by atoms with E-state index in [0.717, 1.165) is 13.0 Å². The van der Waals surface area contributed by atoms with Crippen LogP contribution in [0.2, 0.25) is 0 Å². The average Bonchev–Trinajstić information content (AvgIpc) is 2.77. The number of anilines is 1. The maximum atomic E-state index is 10.9. The van der Waals surface area contributed by atoms with Crippen LogP contribution in [0, 0.1) is 0 Å². The van der Waals surface area contributed by atoms with Gasteiger partial charge in [0, 0.05) is 6.04 Å². The first-order chi connectivity index (χ1) is 9.08. The lowest BCUT2D eigenvalue weighted by Gasteiger charge is -2.19. The highest BCUT2D eigenvalue weighted by Crippen LogP contribution is 2.24. The number of benzene rings is 1. The van der Waals surface area contributed by atoms with E-state index in [1.165, 1.54) is 25.0 Å². The van der Waals surface area contributed by atoms with Crippen molar-refractivity contribution in [3.8, 4) is 5.75 Å². The number of carboxylic acid groups (broad SMARTS) is 1. The second-order valence-corrected chi connectivity index (χ2v) is 4.97. The highest BCUT2D eigenvalue weighted by Gasteiger charge is 2.20. The third-order valence-electron chi connectivity index (χ3n) is 3.64. The Morgan fingerprint density at radius 2 is 2.37 bits per heavy atom. The summed E-state index contributed by atoms with van der Waals surface area (Å²) < 4.78 is 5.62. The van der Waals surface area contributed by atoms with E-state index in [2.05, 4.69) is 11.9 Å². The van der Waals surface area contributed by atoms with Gasteiger partial charge >= 0.3 is 5.97 Å². The summed E-state index contributed by atoms with van der Waals surface area (Å²) in [5, 5.41) is 8.93. The van der Waals surface area contributed by atoms with Crippen molar-refractivity contribution in [2.24, 2.45) is 0 Å². The summed E-state index contributed by atoms with van der Waals surface area (Å²) in [5.74, 6) is -0.513. The zero-order valence-electron chi connectivity index (χ0n) is 11.1. The van der Waals surface area contributed by atoms with Crippen molar-refractivity contribution < 1.29 is 14.6 Å². The Morgan fingerprint density at radius 1 is 1.58 bits per heavy atom. The van der Waals surface area contributed by atoms with Crippen molar-refractivity contribution in [3.05, 3.63) is 23.8 Å². The second kappa shape index (κ2) is 5.93. The van der Waals surface area contributed by atoms with Crippen molar-refractivity contribution in [1.82, 2.24) is 4.90 Å². The van der Waals surface area contributed by atoms with Crippen LogP contribution >= 0.6 is 0 Å². The number of ether oxygens (including phenoxy) is 1. The van der Waals surface area contributed by atoms with E-state index < -0.39 is 5.97 Å². The minimum Gasteiger partial charge on any atom is -0.491 e. The summed E-state index contributed by atoms with van der Waals surface area (Å²) in [6.07, 6.45) is 3.37. The van der Waals surface area contributed by atoms with Crippen LogP contribution < -0.4 is 10.5 Å². The quantitative estimate of drug-likeness (QED) is 0.793. The number of hydrogen-bond donors (Lipinski definition) is 2. The molecule has 0 aliphatic carbocycles. The van der Waals surface area contributed by atoms with Gasteiger partial charge in [-0.1, -0.05) is 0 Å². The molecule has 104 valence electrons. The second-order valence-electron chi connectivity index (χ2n) is 4.97. The van der Waals surface area contributed by atoms with Gasteiger partial charge in [-0.05, 0) is 51.1 Å². The molecule has 1 unspecified atom stereocenters. The van der Waals surface area contributed by atoms with Crippen LogP contribution in [0.1, 0.15) is 29.6 Å². The molecule has 1 aromatic carbocycles. The molecular weight excluding hydrogens is 244 g/mol. The normalized spacial score (nSPS) is 19.5. The van der Waals surface area contributed by atoms with Crippen LogP contribution in [0.4, 0.5) is 5.69 Å². The lowest BCUT2D eigenvalue weighted by molar-refractivity contribution is 0.0696. The Balaban J connectivity index is 1.91. The van der Waals surface area contributed by atoms with Crippen LogP contribution in [0.5, 0.6) is 5.75 Å². The van der Waals surface area contributed by atoms with Gasteiger partial charge < -0.3 is 20.5 Å². The van der Waals surface area contributed by atoms with Gasteiger partial charge in [0.2, 0.25) is 0 Å². The number of rotatable bonds is 5. The van der Waals surface area contributed by atoms with E-state index >= 15 is 0 Å². The maximum Gasteiger partial charge on any atom is 0.335 e. The van der Waals surface area contributed by atoms with Crippen LogP contribution in [0.15, 0.2) is 18.2 Å². The maximum absolute atomic E-state index is 10.9. The molecule has 19 heavy (non-hydrogen) atoms. The van der Waals surface area contributed by atoms with Gasteiger partial charge in [0.15, 0.2) is 0 Å². The topological polar surface area (TPSA) is 75.8 Å². The standard InChI is InChI=1S/C14H20N2O3/c1-16-7-2-3-11(16)6-8-19-13-9-10(14(17)18)4-5-12(13)15/h4-5,9,11H,2-3,6-8,15H2,1H3,(H,17,18). The van der Waals surface area contributed by atoms with Crippen molar-refractivity contribution >= 4 is 11.7 Å². The fourth-order valence-corrected chi connectivity index (χ4v) is 2.44. The molecule has 0 spiro atoms. The van der Waals surface area contributed by atoms with E-state index in [-0.39, 0.29) is 5.56 Å². The largest absolute Gasteiger partial charge is 0.491 e. The van der Waals surface area contributed by atoms with E-state index in [1.54, 1.807) is 6.07 Å². The summed E-state index contributed by atoms with van der Waals surface area (Å²) in [6.45, 7) is 1.70. The molecule has 1 heterocycles. The van der Waals surface area contributed by atoms with Gasteiger partial charge in [0.1, 0.15) is 5.75 Å². The zero-order valence-corrected chi connectivity index (χ0v) is 11.1. The van der Waals surface area contributed by atoms with Crippen LogP contribution in [0.3, 0.4) is 0 Å². The van der Waals surface area contributed by atoms with E-state index in [0.29, 0.717) is 24.1 Å². The molecule has 1 fully saturated rings. The molecule has 1 aromatic rings. The first-order valence-corrected chi connectivity index (χ1v) is 6.54. The molecule has 5 heteroatoms. The highest BCUT2D eigenvalue weighted by atomic mass is 16.5. The molecule has 5 nitrogen and oxygen atoms in total. The number of hydrogen-bond acceptors (Lipinski definition) is 4. The first-order valence-electron chi connectivity index (χ1n) is 6.54. The van der Waals surface area contributed by atoms with Crippen molar-refractivity contribution in [1.29, 1.82) is 0 Å². The van der Waals surface area contributed by atoms with E-state index in [4.69, 9.17) is 15.6 Å². The molecule has 0 saturated carbocycles. The average molecular weight is 264 g/mol. The van der Waals surface area contributed by atoms with Crippen LogP contribution in [0.25, 0.3) is 0 Å². The molecule has 0 radical (unpaired) electrons. The van der Waals surface area contributed by atoms with Crippen LogP contribution in [-0.2, 0) is 0 Å². The lowest BCUT2D eigenvalue weighted by atomic mass is 10.1. The predicted octanol–water partition coefficient (Wildman–Crippen LogP) is 1.83. The molecule has 1 aliphatic rings. The molecular formula is C14H20N2O3. The molecule has 2 rings (SSSR count). The first kappa shape index (κ1) is 13.7. The number of carbonyl (C=O) groups is 1. The van der Waals surface area contributed by atoms with Crippen molar-refractivity contribution in [2.75, 3.05) is 25.9 Å². The Labute approximate surface area is 113 Å². The lowest BCUT2D eigenvalue weighted by Crippen LogP contribution is -2.26. The third kappa shape index (κ3) is 3.38. The highest BCUT2D eigenvalue weighted by molar-refractivity contribution is 5.89. The van der Waals surface area contributed by atoms with Gasteiger partial charge in [0.05, 0.1) is 17.9 Å². The molecule has 0 bridgehead atoms. The number of carboxylic acids is 1. The minimum absolute atomic E-state index is 0.196. The molecule has 3 N–H and O–H groups in total. The fraction of sp³-hybridized carbons (Fsp3) is 0.500. The van der Waals surface area contributed by atoms with Gasteiger partial charge in [-0.15, -0.1) is 0 Å². The van der Waals surface area contributed by atoms with E-state index in [9.17, 15) is 4.79 Å². The number of nitrogens with zero attached hydrogens (tertiary/aromatic N) is 1. The molecule has 0 amide bonds. The number of nitrogens with two attached hydrogens (primary N) is 1. The van der Waals surface area contributed by atoms with Crippen molar-refractivity contribution in [3.63, 3.8) is 0 Å². The predicted molar refractivity (Wildman–Crippen MR) is 73.6 cm³/mol. The summed E-state index contributed by atoms with van der Waals surface area (Å²) in [5.41, 5.74) is 6.46. The number of likely N-dealkylation sites (tertiary alicyclic amines) is 1. The summed E-state index contributed by atoms with van der Waals surface area (Å²) in [7, 11) is 2.12. The third-order valence-corrected chi connectivity index (χ3v) is 3.64. The Morgan fingerprint density at radius 3 is 3.00 bits per heavy atom. The summed E-state index contributed by atoms with van der Waals surface area (Å²) in [6, 6.07) is 5.09. The molecule has 1 atom stereocenters. The van der Waals surface area contributed by atoms with Gasteiger partial charge in [-0.25, -0.2) is 4.79 Å². The summed E-state index contributed by atoms with van der Waals surface area (Å²) >= 11 is 0. The van der Waals surface area contributed by atoms with Gasteiger partial charge in [0.25, 0.3) is 0 Å². The Hall–Kier alpha value is -1.75. The number of nitrogen functional groups attached to an aromatic ring is 1. The smallest absolute Gasteiger partial charge is 0.335 e. The van der Waals surface area contributed by atoms with Crippen molar-refractivity contribution in [2.45, 2.75) is 25.3 Å². The fourth-order valence-electron chi connectivity index (χ4n) is 2.44. The van der Waals surface area contributed by atoms with Crippen LogP contribution in [-0.4, -0.2) is 42.2 Å². The monoisotopic (exact) mass is 264 g/mol. The minimum atomic E-state index is -0.972. The molecule has 1 aliphatic heterocycles. The SMILES string of the molecule is CN1CCCC1CCOc1cc(C(=O)O)ccc1N. The van der Waals surface area contributed by atoms with Gasteiger partial charge in [-0.2, -0.15) is 0 Å². The Kier molecular flexibility index (Phi) is 4.27. The van der Waals surface area contributed by atoms with E-state index in [1.807, 2.05) is 0 Å². The summed E-state index contributed by atoms with van der Waals surface area (Å²) in [4.78, 5) is 13.2. The van der Waals surface area contributed by atoms with Gasteiger partial charge in [-0.3, -0.25) is 0 Å². The molecule has 1 saturated heterocycles. The Bertz CT molecular complexity index is 462. The number of aromatic carboxylic acids is 1. The zero-order chi connectivity index (χ0) is 13.8. The molecule has 0 aromatic heterocycles.